The van der Waals surface area contributed by atoms with Crippen LogP contribution in [0.5, 0.6) is 0 Å². The van der Waals surface area contributed by atoms with Crippen LogP contribution in [0, 0.1) is 0 Å². The van der Waals surface area contributed by atoms with E-state index >= 15 is 0 Å². The van der Waals surface area contributed by atoms with E-state index in [1.54, 1.807) is 0 Å². The van der Waals surface area contributed by atoms with Crippen LogP contribution in [0.3, 0.4) is 0 Å². The van der Waals surface area contributed by atoms with Gasteiger partial charge >= 0.3 is 6.18 Å². The van der Waals surface area contributed by atoms with Gasteiger partial charge in [-0.15, -0.1) is 0 Å². The minimum Gasteiger partial charge on any atom is -0.364 e. The van der Waals surface area contributed by atoms with Gasteiger partial charge in [-0.3, -0.25) is 0 Å². The van der Waals surface area contributed by atoms with Gasteiger partial charge in [0.05, 0.1) is 6.61 Å². The third kappa shape index (κ3) is 0.894. The summed E-state index contributed by atoms with van der Waals surface area (Å²) in [4.78, 5) is 0. The van der Waals surface area contributed by atoms with Crippen molar-refractivity contribution in [1.29, 1.82) is 0 Å². The maximum atomic E-state index is 12.0. The molecule has 0 aromatic carbocycles. The molecule has 0 aliphatic carbocycles. The van der Waals surface area contributed by atoms with Crippen LogP contribution in [0.4, 0.5) is 13.2 Å². The highest BCUT2D eigenvalue weighted by atomic mass is 19.4. The van der Waals surface area contributed by atoms with E-state index in [-0.39, 0.29) is 13.0 Å². The van der Waals surface area contributed by atoms with Crippen molar-refractivity contribution in [3.05, 3.63) is 0 Å². The van der Waals surface area contributed by atoms with Crippen LogP contribution in [-0.2, 0) is 4.74 Å². The van der Waals surface area contributed by atoms with Crippen molar-refractivity contribution < 1.29 is 17.9 Å². The van der Waals surface area contributed by atoms with Crippen LogP contribution in [0.25, 0.3) is 0 Å². The van der Waals surface area contributed by atoms with Crippen LogP contribution < -0.4 is 5.73 Å². The molecule has 0 bridgehead atoms. The van der Waals surface area contributed by atoms with Crippen molar-refractivity contribution in [2.24, 2.45) is 5.73 Å². The van der Waals surface area contributed by atoms with Gasteiger partial charge in [-0.25, -0.2) is 0 Å². The van der Waals surface area contributed by atoms with E-state index in [1.165, 1.54) is 0 Å². The first kappa shape index (κ1) is 7.81. The monoisotopic (exact) mass is 155 g/mol. The molecule has 0 spiro atoms. The first-order valence-corrected chi connectivity index (χ1v) is 2.93. The highest BCUT2D eigenvalue weighted by Crippen LogP contribution is 2.41. The van der Waals surface area contributed by atoms with E-state index in [0.717, 1.165) is 0 Å². The maximum absolute atomic E-state index is 12.0. The largest absolute Gasteiger partial charge is 0.418 e. The molecule has 1 unspecified atom stereocenters. The molecule has 0 radical (unpaired) electrons. The van der Waals surface area contributed by atoms with Gasteiger partial charge < -0.3 is 10.5 Å². The molecule has 1 aliphatic rings. The van der Waals surface area contributed by atoms with E-state index in [1.807, 2.05) is 0 Å². The molecule has 1 rings (SSSR count). The van der Waals surface area contributed by atoms with Crippen molar-refractivity contribution >= 4 is 0 Å². The zero-order chi connectivity index (χ0) is 7.83. The van der Waals surface area contributed by atoms with Gasteiger partial charge in [-0.05, 0) is 0 Å². The molecule has 5 heteroatoms. The summed E-state index contributed by atoms with van der Waals surface area (Å²) in [5.41, 5.74) is 2.89. The molecule has 0 aromatic rings. The predicted octanol–water partition coefficient (Wildman–Crippen LogP) is 0.667. The Morgan fingerprint density at radius 2 is 2.00 bits per heavy atom. The number of hydrogen-bond acceptors (Lipinski definition) is 2. The summed E-state index contributed by atoms with van der Waals surface area (Å²) in [6.45, 7) is -0.312. The highest BCUT2D eigenvalue weighted by molar-refractivity contribution is 4.95. The van der Waals surface area contributed by atoms with E-state index in [2.05, 4.69) is 4.74 Å². The average Bonchev–Trinajstić information content (AvgIpc) is 1.58. The smallest absolute Gasteiger partial charge is 0.364 e. The number of rotatable bonds is 1. The number of ether oxygens (including phenoxy) is 1. The van der Waals surface area contributed by atoms with Crippen molar-refractivity contribution in [3.8, 4) is 0 Å². The fourth-order valence-electron chi connectivity index (χ4n) is 0.849. The summed E-state index contributed by atoms with van der Waals surface area (Å²) in [7, 11) is 0. The molecule has 2 nitrogen and oxygen atoms in total. The number of hydrogen-bond donors (Lipinski definition) is 1. The van der Waals surface area contributed by atoms with Gasteiger partial charge in [0.25, 0.3) is 0 Å². The van der Waals surface area contributed by atoms with Gasteiger partial charge in [0, 0.05) is 13.0 Å². The summed E-state index contributed by atoms with van der Waals surface area (Å²) >= 11 is 0. The van der Waals surface area contributed by atoms with Crippen molar-refractivity contribution in [3.63, 3.8) is 0 Å². The SMILES string of the molecule is NCC1(C(F)(F)F)CCO1. The van der Waals surface area contributed by atoms with E-state index in [4.69, 9.17) is 5.73 Å². The number of halogens is 3. The molecule has 2 N–H and O–H groups in total. The lowest BCUT2D eigenvalue weighted by Crippen LogP contribution is -2.60. The van der Waals surface area contributed by atoms with Crippen LogP contribution in [-0.4, -0.2) is 24.9 Å². The lowest BCUT2D eigenvalue weighted by Gasteiger charge is -2.41. The molecule has 1 heterocycles. The van der Waals surface area contributed by atoms with Crippen LogP contribution >= 0.6 is 0 Å². The Morgan fingerprint density at radius 1 is 1.50 bits per heavy atom. The number of nitrogens with two attached hydrogens (primary N) is 1. The quantitative estimate of drug-likeness (QED) is 0.603. The molecule has 60 valence electrons. The van der Waals surface area contributed by atoms with E-state index in [9.17, 15) is 13.2 Å². The lowest BCUT2D eigenvalue weighted by molar-refractivity contribution is -0.320. The van der Waals surface area contributed by atoms with Gasteiger partial charge in [0.2, 0.25) is 0 Å². The van der Waals surface area contributed by atoms with Crippen LogP contribution in [0.15, 0.2) is 0 Å². The van der Waals surface area contributed by atoms with E-state index < -0.39 is 18.3 Å². The second-order valence-corrected chi connectivity index (χ2v) is 2.29. The molecule has 0 amide bonds. The summed E-state index contributed by atoms with van der Waals surface area (Å²) in [6, 6.07) is 0. The van der Waals surface area contributed by atoms with Crippen molar-refractivity contribution in [2.45, 2.75) is 18.2 Å². The van der Waals surface area contributed by atoms with Gasteiger partial charge in [-0.1, -0.05) is 0 Å². The maximum Gasteiger partial charge on any atom is 0.418 e. The Hall–Kier alpha value is -0.290. The van der Waals surface area contributed by atoms with Crippen LogP contribution in [0.1, 0.15) is 6.42 Å². The summed E-state index contributed by atoms with van der Waals surface area (Å²) < 4.78 is 40.2. The third-order valence-electron chi connectivity index (χ3n) is 1.73. The van der Waals surface area contributed by atoms with Gasteiger partial charge in [0.15, 0.2) is 5.60 Å². The Labute approximate surface area is 56.1 Å². The topological polar surface area (TPSA) is 35.2 Å². The molecule has 1 aliphatic heterocycles. The minimum atomic E-state index is -4.31. The zero-order valence-electron chi connectivity index (χ0n) is 5.24. The second kappa shape index (κ2) is 2.10. The molecule has 10 heavy (non-hydrogen) atoms. The second-order valence-electron chi connectivity index (χ2n) is 2.29. The van der Waals surface area contributed by atoms with E-state index in [0.29, 0.717) is 0 Å². The van der Waals surface area contributed by atoms with Crippen molar-refractivity contribution in [1.82, 2.24) is 0 Å². The Bertz CT molecular complexity index is 124. The highest BCUT2D eigenvalue weighted by Gasteiger charge is 2.59. The summed E-state index contributed by atoms with van der Waals surface area (Å²) in [5.74, 6) is 0. The first-order valence-electron chi connectivity index (χ1n) is 2.93. The molecule has 0 aromatic heterocycles. The first-order chi connectivity index (χ1) is 4.52. The Balaban J connectivity index is 2.65. The van der Waals surface area contributed by atoms with Gasteiger partial charge in [0.1, 0.15) is 0 Å². The fourth-order valence-corrected chi connectivity index (χ4v) is 0.849. The molecule has 1 atom stereocenters. The normalized spacial score (nSPS) is 33.6. The molecular weight excluding hydrogens is 147 g/mol. The lowest BCUT2D eigenvalue weighted by atomic mass is 9.94. The molecule has 1 fully saturated rings. The third-order valence-corrected chi connectivity index (χ3v) is 1.73. The summed E-state index contributed by atoms with van der Waals surface area (Å²) in [5, 5.41) is 0. The van der Waals surface area contributed by atoms with Crippen molar-refractivity contribution in [2.75, 3.05) is 13.2 Å². The fraction of sp³-hybridized carbons (Fsp3) is 1.00. The Kier molecular flexibility index (Phi) is 1.64. The molecule has 0 saturated carbocycles. The standard InChI is InChI=1S/C5H8F3NO/c6-5(7,8)4(3-9)1-2-10-4/h1-3,9H2. The zero-order valence-corrected chi connectivity index (χ0v) is 5.24. The number of alkyl halides is 3. The van der Waals surface area contributed by atoms with Gasteiger partial charge in [-0.2, -0.15) is 13.2 Å². The molecular formula is C5H8F3NO. The molecule has 1 saturated heterocycles. The van der Waals surface area contributed by atoms with Crippen LogP contribution in [0.2, 0.25) is 0 Å². The average molecular weight is 155 g/mol. The summed E-state index contributed by atoms with van der Waals surface area (Å²) in [6.07, 6.45) is -4.31. The predicted molar refractivity (Wildman–Crippen MR) is 28.4 cm³/mol. The Morgan fingerprint density at radius 3 is 2.00 bits per heavy atom. The minimum absolute atomic E-state index is 0.00694.